The fourth-order valence-corrected chi connectivity index (χ4v) is 2.88. The van der Waals surface area contributed by atoms with E-state index in [9.17, 15) is 0 Å². The molecular weight excluding hydrogens is 208 g/mol. The monoisotopic (exact) mass is 226 g/mol. The molecule has 1 saturated heterocycles. The van der Waals surface area contributed by atoms with Gasteiger partial charge in [0.1, 0.15) is 0 Å². The van der Waals surface area contributed by atoms with Crippen LogP contribution in [0.15, 0.2) is 36.5 Å². The van der Waals surface area contributed by atoms with Crippen molar-refractivity contribution in [3.8, 4) is 0 Å². The third-order valence-electron chi connectivity index (χ3n) is 3.78. The fourth-order valence-electron chi connectivity index (χ4n) is 2.88. The molecule has 1 aromatic heterocycles. The summed E-state index contributed by atoms with van der Waals surface area (Å²) in [6.45, 7) is 4.64. The number of hydrogen-bond donors (Lipinski definition) is 0. The van der Waals surface area contributed by atoms with Crippen molar-refractivity contribution in [3.05, 3.63) is 42.1 Å². The first kappa shape index (κ1) is 10.7. The van der Waals surface area contributed by atoms with Crippen LogP contribution in [0, 0.1) is 0 Å². The lowest BCUT2D eigenvalue weighted by atomic mass is 10.0. The summed E-state index contributed by atoms with van der Waals surface area (Å²) in [4.78, 5) is 6.94. The Morgan fingerprint density at radius 3 is 3.18 bits per heavy atom. The van der Waals surface area contributed by atoms with E-state index in [-0.39, 0.29) is 0 Å². The van der Waals surface area contributed by atoms with Crippen LogP contribution in [-0.4, -0.2) is 23.0 Å². The maximum atomic E-state index is 4.37. The molecule has 1 atom stereocenters. The second-order valence-electron chi connectivity index (χ2n) is 4.74. The molecule has 17 heavy (non-hydrogen) atoms. The standard InChI is InChI=1S/C15H18N2/c1-2-17-10-4-6-15(17)13-7-8-14-12(11-13)5-3-9-16-14/h3,5,7-9,11,15H,2,4,6,10H2,1H3/t15-/m1/s1. The van der Waals surface area contributed by atoms with Gasteiger partial charge in [-0.05, 0) is 49.7 Å². The third-order valence-corrected chi connectivity index (χ3v) is 3.78. The van der Waals surface area contributed by atoms with E-state index in [0.717, 1.165) is 12.1 Å². The van der Waals surface area contributed by atoms with E-state index in [0.29, 0.717) is 6.04 Å². The van der Waals surface area contributed by atoms with Gasteiger partial charge in [0.25, 0.3) is 0 Å². The number of pyridine rings is 1. The van der Waals surface area contributed by atoms with E-state index >= 15 is 0 Å². The smallest absolute Gasteiger partial charge is 0.0702 e. The van der Waals surface area contributed by atoms with Crippen LogP contribution in [-0.2, 0) is 0 Å². The van der Waals surface area contributed by atoms with Gasteiger partial charge >= 0.3 is 0 Å². The number of fused-ring (bicyclic) bond motifs is 1. The van der Waals surface area contributed by atoms with Gasteiger partial charge in [0.05, 0.1) is 5.52 Å². The summed E-state index contributed by atoms with van der Waals surface area (Å²) >= 11 is 0. The van der Waals surface area contributed by atoms with E-state index in [1.54, 1.807) is 0 Å². The zero-order chi connectivity index (χ0) is 11.7. The van der Waals surface area contributed by atoms with Gasteiger partial charge in [0, 0.05) is 17.6 Å². The Morgan fingerprint density at radius 2 is 2.29 bits per heavy atom. The summed E-state index contributed by atoms with van der Waals surface area (Å²) in [6, 6.07) is 11.5. The van der Waals surface area contributed by atoms with Gasteiger partial charge < -0.3 is 0 Å². The minimum Gasteiger partial charge on any atom is -0.297 e. The molecule has 0 aliphatic carbocycles. The quantitative estimate of drug-likeness (QED) is 0.780. The molecule has 1 aliphatic rings. The van der Waals surface area contributed by atoms with Crippen molar-refractivity contribution in [1.29, 1.82) is 0 Å². The summed E-state index contributed by atoms with van der Waals surface area (Å²) in [5.41, 5.74) is 2.54. The third kappa shape index (κ3) is 1.93. The SMILES string of the molecule is CCN1CCC[C@@H]1c1ccc2ncccc2c1. The molecule has 2 nitrogen and oxygen atoms in total. The van der Waals surface area contributed by atoms with Crippen molar-refractivity contribution in [2.75, 3.05) is 13.1 Å². The average Bonchev–Trinajstić information content (AvgIpc) is 2.86. The molecular formula is C15H18N2. The fraction of sp³-hybridized carbons (Fsp3) is 0.400. The first-order chi connectivity index (χ1) is 8.38. The van der Waals surface area contributed by atoms with Gasteiger partial charge in [-0.1, -0.05) is 19.1 Å². The predicted octanol–water partition coefficient (Wildman–Crippen LogP) is 3.39. The number of rotatable bonds is 2. The molecule has 0 spiro atoms. The second-order valence-corrected chi connectivity index (χ2v) is 4.74. The molecule has 2 aromatic rings. The zero-order valence-corrected chi connectivity index (χ0v) is 10.3. The van der Waals surface area contributed by atoms with Gasteiger partial charge in [0.15, 0.2) is 0 Å². The maximum absolute atomic E-state index is 4.37. The van der Waals surface area contributed by atoms with E-state index < -0.39 is 0 Å². The molecule has 0 unspecified atom stereocenters. The van der Waals surface area contributed by atoms with Crippen LogP contribution < -0.4 is 0 Å². The lowest BCUT2D eigenvalue weighted by Crippen LogP contribution is -2.22. The molecule has 1 aliphatic heterocycles. The molecule has 0 radical (unpaired) electrons. The van der Waals surface area contributed by atoms with Crippen molar-refractivity contribution in [1.82, 2.24) is 9.88 Å². The minimum atomic E-state index is 0.615. The second kappa shape index (κ2) is 4.46. The molecule has 0 N–H and O–H groups in total. The topological polar surface area (TPSA) is 16.1 Å². The average molecular weight is 226 g/mol. The molecule has 0 saturated carbocycles. The molecule has 1 fully saturated rings. The first-order valence-corrected chi connectivity index (χ1v) is 6.47. The van der Waals surface area contributed by atoms with Crippen molar-refractivity contribution in [2.45, 2.75) is 25.8 Å². The van der Waals surface area contributed by atoms with E-state index in [1.807, 2.05) is 12.3 Å². The Morgan fingerprint density at radius 1 is 1.35 bits per heavy atom. The van der Waals surface area contributed by atoms with E-state index in [2.05, 4.69) is 41.1 Å². The van der Waals surface area contributed by atoms with Crippen LogP contribution in [0.2, 0.25) is 0 Å². The highest BCUT2D eigenvalue weighted by atomic mass is 15.2. The van der Waals surface area contributed by atoms with Gasteiger partial charge in [-0.15, -0.1) is 0 Å². The Labute approximate surface area is 102 Å². The van der Waals surface area contributed by atoms with E-state index in [1.165, 1.54) is 30.3 Å². The van der Waals surface area contributed by atoms with Gasteiger partial charge in [-0.2, -0.15) is 0 Å². The number of nitrogens with zero attached hydrogens (tertiary/aromatic N) is 2. The summed E-state index contributed by atoms with van der Waals surface area (Å²) in [5, 5.41) is 1.26. The Kier molecular flexibility index (Phi) is 2.81. The minimum absolute atomic E-state index is 0.615. The van der Waals surface area contributed by atoms with Crippen LogP contribution >= 0.6 is 0 Å². The van der Waals surface area contributed by atoms with Crippen LogP contribution in [0.5, 0.6) is 0 Å². The summed E-state index contributed by atoms with van der Waals surface area (Å²) in [5.74, 6) is 0. The number of hydrogen-bond acceptors (Lipinski definition) is 2. The first-order valence-electron chi connectivity index (χ1n) is 6.47. The molecule has 2 heteroatoms. The van der Waals surface area contributed by atoms with Gasteiger partial charge in [0.2, 0.25) is 0 Å². The summed E-state index contributed by atoms with van der Waals surface area (Å²) in [6.07, 6.45) is 4.47. The summed E-state index contributed by atoms with van der Waals surface area (Å²) in [7, 11) is 0. The van der Waals surface area contributed by atoms with Gasteiger partial charge in [-0.3, -0.25) is 9.88 Å². The Bertz CT molecular complexity index is 521. The summed E-state index contributed by atoms with van der Waals surface area (Å²) < 4.78 is 0. The normalized spacial score (nSPS) is 21.1. The Balaban J connectivity index is 2.00. The van der Waals surface area contributed by atoms with Gasteiger partial charge in [-0.25, -0.2) is 0 Å². The molecule has 2 heterocycles. The molecule has 3 rings (SSSR count). The highest BCUT2D eigenvalue weighted by Crippen LogP contribution is 2.32. The number of benzene rings is 1. The maximum Gasteiger partial charge on any atom is 0.0702 e. The van der Waals surface area contributed by atoms with E-state index in [4.69, 9.17) is 0 Å². The molecule has 0 bridgehead atoms. The molecule has 1 aromatic carbocycles. The van der Waals surface area contributed by atoms with Crippen LogP contribution in [0.25, 0.3) is 10.9 Å². The molecule has 88 valence electrons. The van der Waals surface area contributed by atoms with Crippen LogP contribution in [0.4, 0.5) is 0 Å². The van der Waals surface area contributed by atoms with Crippen molar-refractivity contribution in [2.24, 2.45) is 0 Å². The lowest BCUT2D eigenvalue weighted by molar-refractivity contribution is 0.272. The Hall–Kier alpha value is -1.41. The predicted molar refractivity (Wildman–Crippen MR) is 71.0 cm³/mol. The largest absolute Gasteiger partial charge is 0.297 e. The zero-order valence-electron chi connectivity index (χ0n) is 10.3. The van der Waals surface area contributed by atoms with Crippen LogP contribution in [0.3, 0.4) is 0 Å². The van der Waals surface area contributed by atoms with Crippen molar-refractivity contribution < 1.29 is 0 Å². The highest BCUT2D eigenvalue weighted by molar-refractivity contribution is 5.79. The molecule has 0 amide bonds. The lowest BCUT2D eigenvalue weighted by Gasteiger charge is -2.23. The van der Waals surface area contributed by atoms with Crippen molar-refractivity contribution in [3.63, 3.8) is 0 Å². The van der Waals surface area contributed by atoms with Crippen LogP contribution in [0.1, 0.15) is 31.4 Å². The number of likely N-dealkylation sites (tertiary alicyclic amines) is 1. The van der Waals surface area contributed by atoms with Crippen molar-refractivity contribution >= 4 is 10.9 Å². The number of aromatic nitrogens is 1. The highest BCUT2D eigenvalue weighted by Gasteiger charge is 2.24.